The van der Waals surface area contributed by atoms with E-state index in [4.69, 9.17) is 4.42 Å². The molecule has 0 spiro atoms. The van der Waals surface area contributed by atoms with Crippen LogP contribution in [0.1, 0.15) is 30.9 Å². The molecule has 3 rings (SSSR count). The fourth-order valence-electron chi connectivity index (χ4n) is 2.81. The Morgan fingerprint density at radius 1 is 1.33 bits per heavy atom. The highest BCUT2D eigenvalue weighted by Crippen LogP contribution is 2.27. The van der Waals surface area contributed by atoms with Crippen LogP contribution in [0.15, 0.2) is 27.4 Å². The topological polar surface area (TPSA) is 82.8 Å². The lowest BCUT2D eigenvalue weighted by molar-refractivity contribution is -0.122. The maximum Gasteiger partial charge on any atom is 0.336 e. The zero-order valence-corrected chi connectivity index (χ0v) is 14.0. The van der Waals surface area contributed by atoms with E-state index in [1.54, 1.807) is 0 Å². The molecule has 1 heterocycles. The van der Waals surface area contributed by atoms with Gasteiger partial charge in [-0.1, -0.05) is 6.92 Å². The average Bonchev–Trinajstić information content (AvgIpc) is 3.29. The number of amides is 1. The van der Waals surface area contributed by atoms with Crippen LogP contribution < -0.4 is 10.9 Å². The summed E-state index contributed by atoms with van der Waals surface area (Å²) in [6.45, 7) is 2.68. The number of nitrogens with zero attached hydrogens (tertiary/aromatic N) is 1. The van der Waals surface area contributed by atoms with Crippen molar-refractivity contribution in [2.45, 2.75) is 38.8 Å². The molecule has 128 valence electrons. The van der Waals surface area contributed by atoms with E-state index in [2.05, 4.69) is 5.32 Å². The Labute approximate surface area is 140 Å². The predicted molar refractivity (Wildman–Crippen MR) is 91.0 cm³/mol. The molecule has 6 heteroatoms. The number of hydrogen-bond donors (Lipinski definition) is 2. The molecule has 1 aliphatic carbocycles. The Morgan fingerprint density at radius 2 is 2.08 bits per heavy atom. The second-order valence-corrected chi connectivity index (χ2v) is 6.44. The Bertz CT molecular complexity index is 824. The maximum absolute atomic E-state index is 11.9. The van der Waals surface area contributed by atoms with E-state index in [1.807, 2.05) is 24.9 Å². The number of nitrogens with one attached hydrogen (secondary N) is 1. The molecular formula is C18H22N2O4. The monoisotopic (exact) mass is 330 g/mol. The summed E-state index contributed by atoms with van der Waals surface area (Å²) in [6, 6.07) is 5.12. The molecule has 0 bridgehead atoms. The first-order valence-corrected chi connectivity index (χ1v) is 8.22. The Kier molecular flexibility index (Phi) is 4.57. The van der Waals surface area contributed by atoms with Gasteiger partial charge in [0.1, 0.15) is 11.3 Å². The van der Waals surface area contributed by atoms with Crippen molar-refractivity contribution < 1.29 is 14.3 Å². The summed E-state index contributed by atoms with van der Waals surface area (Å²) in [7, 11) is 1.84. The van der Waals surface area contributed by atoms with Crippen LogP contribution in [-0.2, 0) is 17.8 Å². The minimum absolute atomic E-state index is 0.000775. The quantitative estimate of drug-likeness (QED) is 0.789. The first-order valence-electron chi connectivity index (χ1n) is 8.22. The third-order valence-electron chi connectivity index (χ3n) is 4.21. The minimum atomic E-state index is -0.461. The van der Waals surface area contributed by atoms with Crippen LogP contribution >= 0.6 is 0 Å². The summed E-state index contributed by atoms with van der Waals surface area (Å²) in [5.41, 5.74) is 1.49. The van der Waals surface area contributed by atoms with E-state index in [0.29, 0.717) is 24.6 Å². The van der Waals surface area contributed by atoms with Gasteiger partial charge >= 0.3 is 5.63 Å². The van der Waals surface area contributed by atoms with Crippen LogP contribution in [0.3, 0.4) is 0 Å². The number of hydrogen-bond acceptors (Lipinski definition) is 5. The summed E-state index contributed by atoms with van der Waals surface area (Å²) in [5, 5.41) is 13.7. The number of benzene rings is 1. The molecule has 2 aromatic rings. The van der Waals surface area contributed by atoms with Gasteiger partial charge in [0, 0.05) is 30.1 Å². The van der Waals surface area contributed by atoms with Gasteiger partial charge in [-0.25, -0.2) is 4.79 Å². The van der Waals surface area contributed by atoms with Crippen LogP contribution in [0.25, 0.3) is 11.0 Å². The van der Waals surface area contributed by atoms with Gasteiger partial charge in [-0.15, -0.1) is 0 Å². The fourth-order valence-corrected chi connectivity index (χ4v) is 2.81. The van der Waals surface area contributed by atoms with Gasteiger partial charge in [0.05, 0.1) is 6.54 Å². The molecular weight excluding hydrogens is 308 g/mol. The SMILES string of the molecule is CCc1cc2c(CN(C)CC(=O)NC3CC3)cc(=O)oc2cc1O. The molecule has 1 amide bonds. The highest BCUT2D eigenvalue weighted by Gasteiger charge is 2.23. The normalized spacial score (nSPS) is 14.3. The second kappa shape index (κ2) is 6.65. The molecule has 6 nitrogen and oxygen atoms in total. The highest BCUT2D eigenvalue weighted by molar-refractivity contribution is 5.83. The van der Waals surface area contributed by atoms with Crippen molar-refractivity contribution in [1.29, 1.82) is 0 Å². The second-order valence-electron chi connectivity index (χ2n) is 6.44. The number of aromatic hydroxyl groups is 1. The zero-order valence-electron chi connectivity index (χ0n) is 14.0. The molecule has 1 aromatic carbocycles. The fraction of sp³-hybridized carbons (Fsp3) is 0.444. The Hall–Kier alpha value is -2.34. The predicted octanol–water partition coefficient (Wildman–Crippen LogP) is 1.77. The van der Waals surface area contributed by atoms with Crippen LogP contribution in [0, 0.1) is 0 Å². The number of rotatable bonds is 6. The van der Waals surface area contributed by atoms with Crippen LogP contribution in [-0.4, -0.2) is 35.5 Å². The number of likely N-dealkylation sites (N-methyl/N-ethyl adjacent to an activating group) is 1. The largest absolute Gasteiger partial charge is 0.508 e. The van der Waals surface area contributed by atoms with Crippen molar-refractivity contribution in [1.82, 2.24) is 10.2 Å². The third-order valence-corrected chi connectivity index (χ3v) is 4.21. The molecule has 0 aliphatic heterocycles. The lowest BCUT2D eigenvalue weighted by Crippen LogP contribution is -2.36. The Balaban J connectivity index is 1.84. The van der Waals surface area contributed by atoms with Crippen molar-refractivity contribution in [3.63, 3.8) is 0 Å². The van der Waals surface area contributed by atoms with Crippen molar-refractivity contribution in [2.24, 2.45) is 0 Å². The summed E-state index contributed by atoms with van der Waals surface area (Å²) >= 11 is 0. The van der Waals surface area contributed by atoms with Gasteiger partial charge in [-0.3, -0.25) is 9.69 Å². The zero-order chi connectivity index (χ0) is 17.3. The summed E-state index contributed by atoms with van der Waals surface area (Å²) in [5.74, 6) is 0.127. The first kappa shape index (κ1) is 16.5. The van der Waals surface area contributed by atoms with Gasteiger partial charge in [-0.05, 0) is 43.5 Å². The van der Waals surface area contributed by atoms with E-state index in [-0.39, 0.29) is 18.2 Å². The van der Waals surface area contributed by atoms with Crippen LogP contribution in [0.5, 0.6) is 5.75 Å². The highest BCUT2D eigenvalue weighted by atomic mass is 16.4. The molecule has 0 unspecified atom stereocenters. The molecule has 0 radical (unpaired) electrons. The molecule has 1 aromatic heterocycles. The van der Waals surface area contributed by atoms with Gasteiger partial charge in [0.15, 0.2) is 0 Å². The third kappa shape index (κ3) is 3.76. The van der Waals surface area contributed by atoms with Crippen molar-refractivity contribution in [3.05, 3.63) is 39.7 Å². The van der Waals surface area contributed by atoms with E-state index in [9.17, 15) is 14.7 Å². The average molecular weight is 330 g/mol. The number of carbonyl (C=O) groups excluding carboxylic acids is 1. The van der Waals surface area contributed by atoms with Gasteiger partial charge in [0.25, 0.3) is 0 Å². The number of fused-ring (bicyclic) bond motifs is 1. The van der Waals surface area contributed by atoms with Gasteiger partial charge in [0.2, 0.25) is 5.91 Å². The lowest BCUT2D eigenvalue weighted by Gasteiger charge is -2.17. The number of phenolic OH excluding ortho intramolecular Hbond substituents is 1. The van der Waals surface area contributed by atoms with E-state index >= 15 is 0 Å². The van der Waals surface area contributed by atoms with Crippen molar-refractivity contribution in [2.75, 3.05) is 13.6 Å². The first-order chi connectivity index (χ1) is 11.5. The molecule has 0 atom stereocenters. The molecule has 1 saturated carbocycles. The van der Waals surface area contributed by atoms with Gasteiger partial charge < -0.3 is 14.8 Å². The summed E-state index contributed by atoms with van der Waals surface area (Å²) < 4.78 is 5.19. The lowest BCUT2D eigenvalue weighted by atomic mass is 10.0. The van der Waals surface area contributed by atoms with E-state index in [1.165, 1.54) is 12.1 Å². The van der Waals surface area contributed by atoms with Crippen molar-refractivity contribution in [3.8, 4) is 5.75 Å². The standard InChI is InChI=1S/C18H22N2O4/c1-3-11-6-14-12(7-18(23)24-16(14)8-15(11)21)9-20(2)10-17(22)19-13-4-5-13/h6-8,13,21H,3-5,9-10H2,1-2H3,(H,19,22). The molecule has 1 aliphatic rings. The van der Waals surface area contributed by atoms with Crippen LogP contribution in [0.2, 0.25) is 0 Å². The summed E-state index contributed by atoms with van der Waals surface area (Å²) in [6.07, 6.45) is 2.80. The maximum atomic E-state index is 11.9. The smallest absolute Gasteiger partial charge is 0.336 e. The minimum Gasteiger partial charge on any atom is -0.508 e. The number of phenols is 1. The molecule has 1 fully saturated rings. The van der Waals surface area contributed by atoms with Crippen molar-refractivity contribution >= 4 is 16.9 Å². The number of carbonyl (C=O) groups is 1. The molecule has 24 heavy (non-hydrogen) atoms. The molecule has 2 N–H and O–H groups in total. The number of aryl methyl sites for hydroxylation is 1. The van der Waals surface area contributed by atoms with E-state index in [0.717, 1.165) is 29.4 Å². The Morgan fingerprint density at radius 3 is 2.75 bits per heavy atom. The molecule has 0 saturated heterocycles. The summed E-state index contributed by atoms with van der Waals surface area (Å²) in [4.78, 5) is 25.6. The van der Waals surface area contributed by atoms with E-state index < -0.39 is 5.63 Å². The van der Waals surface area contributed by atoms with Crippen LogP contribution in [0.4, 0.5) is 0 Å². The van der Waals surface area contributed by atoms with Gasteiger partial charge in [-0.2, -0.15) is 0 Å².